The number of fused-ring (bicyclic) bond motifs is 1. The minimum atomic E-state index is -3.62. The van der Waals surface area contributed by atoms with Crippen molar-refractivity contribution in [1.82, 2.24) is 9.71 Å². The van der Waals surface area contributed by atoms with E-state index >= 15 is 0 Å². The SMILES string of the molecule is C[C@H](N=C1NS(=O)(=O)c2ccccc21)C(=O)OCc1ccccn1. The number of nitrogens with one attached hydrogen (secondary N) is 1. The molecule has 0 amide bonds. The molecular formula is C16H15N3O4S. The van der Waals surface area contributed by atoms with Crippen LogP contribution in [0.2, 0.25) is 0 Å². The molecule has 0 saturated carbocycles. The molecule has 1 aromatic carbocycles. The van der Waals surface area contributed by atoms with Gasteiger partial charge >= 0.3 is 5.97 Å². The van der Waals surface area contributed by atoms with E-state index in [1.54, 1.807) is 49.5 Å². The first-order chi connectivity index (χ1) is 11.5. The normalized spacial score (nSPS) is 17.8. The molecular weight excluding hydrogens is 330 g/mol. The zero-order valence-electron chi connectivity index (χ0n) is 12.8. The summed E-state index contributed by atoms with van der Waals surface area (Å²) in [7, 11) is -3.62. The number of aromatic nitrogens is 1. The first-order valence-corrected chi connectivity index (χ1v) is 8.72. The van der Waals surface area contributed by atoms with Crippen LogP contribution in [0.3, 0.4) is 0 Å². The van der Waals surface area contributed by atoms with Crippen molar-refractivity contribution in [2.24, 2.45) is 4.99 Å². The zero-order valence-corrected chi connectivity index (χ0v) is 13.7. The fourth-order valence-corrected chi connectivity index (χ4v) is 3.46. The lowest BCUT2D eigenvalue weighted by molar-refractivity contribution is -0.146. The van der Waals surface area contributed by atoms with Gasteiger partial charge in [0.1, 0.15) is 18.5 Å². The highest BCUT2D eigenvalue weighted by molar-refractivity contribution is 7.90. The molecule has 2 heterocycles. The Labute approximate surface area is 139 Å². The van der Waals surface area contributed by atoms with Crippen LogP contribution in [0, 0.1) is 0 Å². The largest absolute Gasteiger partial charge is 0.458 e. The van der Waals surface area contributed by atoms with Crippen LogP contribution in [0.5, 0.6) is 0 Å². The van der Waals surface area contributed by atoms with E-state index in [1.165, 1.54) is 6.07 Å². The number of sulfonamides is 1. The summed E-state index contributed by atoms with van der Waals surface area (Å²) in [6, 6.07) is 10.9. The molecule has 2 aromatic rings. The van der Waals surface area contributed by atoms with Crippen LogP contribution in [-0.2, 0) is 26.2 Å². The molecule has 0 spiro atoms. The van der Waals surface area contributed by atoms with Gasteiger partial charge in [-0.15, -0.1) is 0 Å². The topological polar surface area (TPSA) is 97.7 Å². The van der Waals surface area contributed by atoms with Gasteiger partial charge in [-0.1, -0.05) is 18.2 Å². The first kappa shape index (κ1) is 16.1. The predicted octanol–water partition coefficient (Wildman–Crippen LogP) is 1.25. The Balaban J connectivity index is 1.73. The third-order valence-electron chi connectivity index (χ3n) is 3.42. The van der Waals surface area contributed by atoms with Crippen LogP contribution in [0.25, 0.3) is 0 Å². The van der Waals surface area contributed by atoms with E-state index in [0.29, 0.717) is 11.3 Å². The minimum absolute atomic E-state index is 0.0389. The Morgan fingerprint density at radius 2 is 2.00 bits per heavy atom. The van der Waals surface area contributed by atoms with Crippen molar-refractivity contribution in [3.8, 4) is 0 Å². The van der Waals surface area contributed by atoms with Gasteiger partial charge < -0.3 is 4.74 Å². The monoisotopic (exact) mass is 345 g/mol. The van der Waals surface area contributed by atoms with Gasteiger partial charge in [0.25, 0.3) is 10.0 Å². The molecule has 0 saturated heterocycles. The highest BCUT2D eigenvalue weighted by Crippen LogP contribution is 2.22. The van der Waals surface area contributed by atoms with Crippen LogP contribution in [0.4, 0.5) is 0 Å². The molecule has 1 aromatic heterocycles. The van der Waals surface area contributed by atoms with Crippen molar-refractivity contribution >= 4 is 21.8 Å². The summed E-state index contributed by atoms with van der Waals surface area (Å²) in [5.41, 5.74) is 1.07. The van der Waals surface area contributed by atoms with Crippen molar-refractivity contribution in [2.75, 3.05) is 0 Å². The minimum Gasteiger partial charge on any atom is -0.458 e. The van der Waals surface area contributed by atoms with E-state index in [9.17, 15) is 13.2 Å². The lowest BCUT2D eigenvalue weighted by atomic mass is 10.2. The van der Waals surface area contributed by atoms with E-state index in [-0.39, 0.29) is 17.3 Å². The highest BCUT2D eigenvalue weighted by atomic mass is 32.2. The molecule has 0 radical (unpaired) electrons. The van der Waals surface area contributed by atoms with Gasteiger partial charge in [-0.3, -0.25) is 14.7 Å². The maximum absolute atomic E-state index is 12.0. The smallest absolute Gasteiger partial charge is 0.331 e. The number of amidine groups is 1. The van der Waals surface area contributed by atoms with Crippen molar-refractivity contribution in [2.45, 2.75) is 24.5 Å². The molecule has 0 unspecified atom stereocenters. The van der Waals surface area contributed by atoms with Crippen LogP contribution >= 0.6 is 0 Å². The van der Waals surface area contributed by atoms with E-state index in [0.717, 1.165) is 0 Å². The molecule has 24 heavy (non-hydrogen) atoms. The Bertz CT molecular complexity index is 895. The fourth-order valence-electron chi connectivity index (χ4n) is 2.23. The predicted molar refractivity (Wildman–Crippen MR) is 86.8 cm³/mol. The van der Waals surface area contributed by atoms with Gasteiger partial charge in [0.2, 0.25) is 0 Å². The van der Waals surface area contributed by atoms with E-state index in [1.807, 2.05) is 0 Å². The Hall–Kier alpha value is -2.74. The Morgan fingerprint density at radius 3 is 2.75 bits per heavy atom. The second kappa shape index (κ2) is 6.40. The average Bonchev–Trinajstić information content (AvgIpc) is 2.84. The quantitative estimate of drug-likeness (QED) is 0.841. The lowest BCUT2D eigenvalue weighted by Crippen LogP contribution is -2.26. The molecule has 7 nitrogen and oxygen atoms in total. The fraction of sp³-hybridized carbons (Fsp3) is 0.188. The number of nitrogens with zero attached hydrogens (tertiary/aromatic N) is 2. The van der Waals surface area contributed by atoms with Gasteiger partial charge in [0, 0.05) is 11.8 Å². The lowest BCUT2D eigenvalue weighted by Gasteiger charge is -2.08. The standard InChI is InChI=1S/C16H15N3O4S/c1-11(16(20)23-10-12-6-4-5-9-17-12)18-15-13-7-2-3-8-14(13)24(21,22)19-15/h2-9,11H,10H2,1H3,(H,18,19)/t11-/m0/s1. The molecule has 0 bridgehead atoms. The summed E-state index contributed by atoms with van der Waals surface area (Å²) in [4.78, 5) is 20.4. The number of pyridine rings is 1. The first-order valence-electron chi connectivity index (χ1n) is 7.24. The van der Waals surface area contributed by atoms with Crippen LogP contribution < -0.4 is 4.72 Å². The summed E-state index contributed by atoms with van der Waals surface area (Å²) in [6.45, 7) is 1.58. The van der Waals surface area contributed by atoms with Gasteiger partial charge in [-0.2, -0.15) is 0 Å². The summed E-state index contributed by atoms with van der Waals surface area (Å²) in [5.74, 6) is -0.412. The number of ether oxygens (including phenoxy) is 1. The Morgan fingerprint density at radius 1 is 1.25 bits per heavy atom. The van der Waals surface area contributed by atoms with Crippen molar-refractivity contribution in [3.63, 3.8) is 0 Å². The Kier molecular flexibility index (Phi) is 4.30. The van der Waals surface area contributed by atoms with Gasteiger partial charge in [0.15, 0.2) is 0 Å². The van der Waals surface area contributed by atoms with Crippen molar-refractivity contribution in [3.05, 3.63) is 59.9 Å². The summed E-state index contributed by atoms with van der Waals surface area (Å²) in [6.07, 6.45) is 1.61. The maximum atomic E-state index is 12.0. The van der Waals surface area contributed by atoms with Gasteiger partial charge in [-0.25, -0.2) is 13.2 Å². The second-order valence-electron chi connectivity index (χ2n) is 5.18. The highest BCUT2D eigenvalue weighted by Gasteiger charge is 2.31. The number of rotatable bonds is 4. The number of hydrogen-bond donors (Lipinski definition) is 1. The number of carbonyl (C=O) groups excluding carboxylic acids is 1. The summed E-state index contributed by atoms with van der Waals surface area (Å²) in [5, 5.41) is 0. The number of carbonyl (C=O) groups is 1. The molecule has 3 rings (SSSR count). The molecule has 1 aliphatic heterocycles. The van der Waals surface area contributed by atoms with Crippen molar-refractivity contribution < 1.29 is 17.9 Å². The number of esters is 1. The third kappa shape index (κ3) is 3.28. The molecule has 1 N–H and O–H groups in total. The van der Waals surface area contributed by atoms with Crippen molar-refractivity contribution in [1.29, 1.82) is 0 Å². The van der Waals surface area contributed by atoms with E-state index < -0.39 is 22.0 Å². The van der Waals surface area contributed by atoms with Crippen LogP contribution in [0.1, 0.15) is 18.2 Å². The molecule has 1 aliphatic rings. The van der Waals surface area contributed by atoms with Crippen LogP contribution in [0.15, 0.2) is 58.5 Å². The molecule has 124 valence electrons. The zero-order chi connectivity index (χ0) is 17.2. The van der Waals surface area contributed by atoms with E-state index in [2.05, 4.69) is 14.7 Å². The number of hydrogen-bond acceptors (Lipinski definition) is 6. The molecule has 8 heteroatoms. The van der Waals surface area contributed by atoms with Gasteiger partial charge in [0.05, 0.1) is 10.6 Å². The van der Waals surface area contributed by atoms with Crippen LogP contribution in [-0.4, -0.2) is 31.2 Å². The van der Waals surface area contributed by atoms with Gasteiger partial charge in [-0.05, 0) is 31.2 Å². The second-order valence-corrected chi connectivity index (χ2v) is 6.83. The maximum Gasteiger partial charge on any atom is 0.331 e. The summed E-state index contributed by atoms with van der Waals surface area (Å²) < 4.78 is 31.5. The number of aliphatic imine (C=N–C) groups is 1. The molecule has 0 fully saturated rings. The molecule has 1 atom stereocenters. The average molecular weight is 345 g/mol. The summed E-state index contributed by atoms with van der Waals surface area (Å²) >= 11 is 0. The third-order valence-corrected chi connectivity index (χ3v) is 4.81. The van der Waals surface area contributed by atoms with E-state index in [4.69, 9.17) is 4.74 Å². The number of benzene rings is 1. The molecule has 0 aliphatic carbocycles.